The fraction of sp³-hybridized carbons (Fsp3) is 0.579. The average molecular weight is 490 g/mol. The van der Waals surface area contributed by atoms with Crippen molar-refractivity contribution in [1.29, 1.82) is 0 Å². The lowest BCUT2D eigenvalue weighted by Gasteiger charge is -2.15. The van der Waals surface area contributed by atoms with Gasteiger partial charge in [-0.05, 0) is 38.3 Å². The number of benzene rings is 1. The predicted octanol–water partition coefficient (Wildman–Crippen LogP) is 2.26. The molecule has 0 saturated carbocycles. The van der Waals surface area contributed by atoms with Crippen LogP contribution < -0.4 is 20.1 Å². The molecule has 0 atom stereocenters. The van der Waals surface area contributed by atoms with Crippen molar-refractivity contribution in [3.63, 3.8) is 0 Å². The van der Waals surface area contributed by atoms with Crippen LogP contribution in [0.5, 0.6) is 11.5 Å². The number of rotatable bonds is 9. The highest BCUT2D eigenvalue weighted by atomic mass is 127. The van der Waals surface area contributed by atoms with Gasteiger partial charge >= 0.3 is 0 Å². The van der Waals surface area contributed by atoms with Crippen molar-refractivity contribution < 1.29 is 14.3 Å². The molecule has 1 amide bonds. The number of carbonyl (C=O) groups is 1. The van der Waals surface area contributed by atoms with Crippen molar-refractivity contribution in [1.82, 2.24) is 15.5 Å². The maximum atomic E-state index is 12.1. The van der Waals surface area contributed by atoms with Crippen molar-refractivity contribution in [3.05, 3.63) is 24.3 Å². The number of aliphatic imine (C=N–C) groups is 1. The molecule has 0 spiro atoms. The van der Waals surface area contributed by atoms with Crippen molar-refractivity contribution in [2.45, 2.75) is 26.2 Å². The lowest BCUT2D eigenvalue weighted by atomic mass is 10.3. The molecule has 0 aromatic heterocycles. The van der Waals surface area contributed by atoms with Gasteiger partial charge in [-0.25, -0.2) is 4.99 Å². The lowest BCUT2D eigenvalue weighted by molar-refractivity contribution is -0.128. The summed E-state index contributed by atoms with van der Waals surface area (Å²) in [6.07, 6.45) is 3.02. The van der Waals surface area contributed by atoms with E-state index in [2.05, 4.69) is 15.6 Å². The summed E-state index contributed by atoms with van der Waals surface area (Å²) in [5.74, 6) is 2.34. The molecule has 1 fully saturated rings. The number of ether oxygens (including phenoxy) is 2. The summed E-state index contributed by atoms with van der Waals surface area (Å²) in [5.41, 5.74) is 0. The van der Waals surface area contributed by atoms with Crippen molar-refractivity contribution >= 4 is 35.8 Å². The number of carbonyl (C=O) groups excluding carboxylic acids is 1. The molecule has 2 rings (SSSR count). The smallest absolute Gasteiger partial charge is 0.244 e. The third kappa shape index (κ3) is 8.68. The molecule has 1 aliphatic heterocycles. The van der Waals surface area contributed by atoms with E-state index in [1.807, 2.05) is 36.1 Å². The predicted molar refractivity (Wildman–Crippen MR) is 118 cm³/mol. The third-order valence-electron chi connectivity index (χ3n) is 4.10. The van der Waals surface area contributed by atoms with Crippen LogP contribution in [0, 0.1) is 0 Å². The quantitative estimate of drug-likeness (QED) is 0.241. The molecule has 7 nitrogen and oxygen atoms in total. The average Bonchev–Trinajstić information content (AvgIpc) is 3.20. The molecule has 1 heterocycles. The first-order valence-corrected chi connectivity index (χ1v) is 9.29. The Hall–Kier alpha value is -1.71. The molecule has 27 heavy (non-hydrogen) atoms. The standard InChI is InChI=1S/C19H30N4O3.HI/c1-3-20-19(22-15-18(24)23-11-4-5-12-23)21-10-7-13-26-17-9-6-8-16(14-17)25-2;/h6,8-9,14H,3-5,7,10-13,15H2,1-2H3,(H2,20,21,22);1H. The van der Waals surface area contributed by atoms with Crippen molar-refractivity contribution in [3.8, 4) is 11.5 Å². The van der Waals surface area contributed by atoms with Crippen LogP contribution in [0.4, 0.5) is 0 Å². The summed E-state index contributed by atoms with van der Waals surface area (Å²) >= 11 is 0. The second-order valence-corrected chi connectivity index (χ2v) is 6.09. The Morgan fingerprint density at radius 2 is 1.96 bits per heavy atom. The molecule has 0 bridgehead atoms. The minimum atomic E-state index is 0. The first-order valence-electron chi connectivity index (χ1n) is 9.29. The van der Waals surface area contributed by atoms with Crippen molar-refractivity contribution in [2.24, 2.45) is 4.99 Å². The molecular formula is C19H31IN4O3. The van der Waals surface area contributed by atoms with Gasteiger partial charge in [-0.2, -0.15) is 0 Å². The maximum Gasteiger partial charge on any atom is 0.244 e. The van der Waals surface area contributed by atoms with Crippen LogP contribution in [0.1, 0.15) is 26.2 Å². The van der Waals surface area contributed by atoms with Gasteiger partial charge in [-0.3, -0.25) is 4.79 Å². The van der Waals surface area contributed by atoms with E-state index in [4.69, 9.17) is 9.47 Å². The fourth-order valence-electron chi connectivity index (χ4n) is 2.71. The molecule has 8 heteroatoms. The number of nitrogens with one attached hydrogen (secondary N) is 2. The van der Waals surface area contributed by atoms with E-state index in [0.717, 1.165) is 50.4 Å². The molecule has 0 unspecified atom stereocenters. The number of hydrogen-bond donors (Lipinski definition) is 2. The van der Waals surface area contributed by atoms with Crippen LogP contribution >= 0.6 is 24.0 Å². The zero-order valence-corrected chi connectivity index (χ0v) is 18.5. The zero-order valence-electron chi connectivity index (χ0n) is 16.2. The van der Waals surface area contributed by atoms with Crippen LogP contribution in [-0.4, -0.2) is 63.2 Å². The van der Waals surface area contributed by atoms with E-state index >= 15 is 0 Å². The largest absolute Gasteiger partial charge is 0.497 e. The Kier molecular flexibility index (Phi) is 11.6. The Labute approximate surface area is 178 Å². The van der Waals surface area contributed by atoms with Crippen LogP contribution in [-0.2, 0) is 4.79 Å². The molecular weight excluding hydrogens is 459 g/mol. The van der Waals surface area contributed by atoms with Gasteiger partial charge in [0, 0.05) is 32.2 Å². The van der Waals surface area contributed by atoms with Crippen LogP contribution in [0.25, 0.3) is 0 Å². The second-order valence-electron chi connectivity index (χ2n) is 6.09. The second kappa shape index (κ2) is 13.5. The maximum absolute atomic E-state index is 12.1. The zero-order chi connectivity index (χ0) is 18.6. The summed E-state index contributed by atoms with van der Waals surface area (Å²) in [6, 6.07) is 7.56. The summed E-state index contributed by atoms with van der Waals surface area (Å²) in [5, 5.41) is 6.40. The molecule has 2 N–H and O–H groups in total. The Bertz CT molecular complexity index is 592. The number of amides is 1. The number of guanidine groups is 1. The minimum absolute atomic E-state index is 0. The van der Waals surface area contributed by atoms with E-state index in [1.165, 1.54) is 0 Å². The highest BCUT2D eigenvalue weighted by Crippen LogP contribution is 2.18. The summed E-state index contributed by atoms with van der Waals surface area (Å²) in [4.78, 5) is 18.3. The van der Waals surface area contributed by atoms with Crippen molar-refractivity contribution in [2.75, 3.05) is 46.4 Å². The van der Waals surface area contributed by atoms with E-state index < -0.39 is 0 Å². The van der Waals surface area contributed by atoms with Gasteiger partial charge in [-0.15, -0.1) is 24.0 Å². The van der Waals surface area contributed by atoms with Gasteiger partial charge < -0.3 is 25.0 Å². The van der Waals surface area contributed by atoms with E-state index in [-0.39, 0.29) is 36.4 Å². The van der Waals surface area contributed by atoms with Gasteiger partial charge in [-0.1, -0.05) is 6.07 Å². The van der Waals surface area contributed by atoms with Gasteiger partial charge in [0.2, 0.25) is 5.91 Å². The number of halogens is 1. The van der Waals surface area contributed by atoms with E-state index in [9.17, 15) is 4.79 Å². The first-order chi connectivity index (χ1) is 12.7. The SMILES string of the molecule is CCNC(=NCC(=O)N1CCCC1)NCCCOc1cccc(OC)c1.I. The first kappa shape index (κ1) is 23.3. The van der Waals surface area contributed by atoms with Gasteiger partial charge in [0.1, 0.15) is 18.0 Å². The highest BCUT2D eigenvalue weighted by Gasteiger charge is 2.17. The summed E-state index contributed by atoms with van der Waals surface area (Å²) in [7, 11) is 1.64. The molecule has 1 aliphatic rings. The van der Waals surface area contributed by atoms with Gasteiger partial charge in [0.15, 0.2) is 5.96 Å². The number of likely N-dealkylation sites (tertiary alicyclic amines) is 1. The molecule has 152 valence electrons. The molecule has 1 aromatic rings. The van der Waals surface area contributed by atoms with E-state index in [0.29, 0.717) is 19.1 Å². The topological polar surface area (TPSA) is 75.2 Å². The normalized spacial score (nSPS) is 13.7. The highest BCUT2D eigenvalue weighted by molar-refractivity contribution is 14.0. The van der Waals surface area contributed by atoms with Crippen LogP contribution in [0.15, 0.2) is 29.3 Å². The van der Waals surface area contributed by atoms with Crippen LogP contribution in [0.2, 0.25) is 0 Å². The summed E-state index contributed by atoms with van der Waals surface area (Å²) in [6.45, 7) is 5.98. The van der Waals surface area contributed by atoms with Crippen LogP contribution in [0.3, 0.4) is 0 Å². The number of methoxy groups -OCH3 is 1. The third-order valence-corrected chi connectivity index (χ3v) is 4.10. The Morgan fingerprint density at radius 3 is 2.67 bits per heavy atom. The lowest BCUT2D eigenvalue weighted by Crippen LogP contribution is -2.39. The molecule has 1 saturated heterocycles. The molecule has 0 radical (unpaired) electrons. The van der Waals surface area contributed by atoms with E-state index in [1.54, 1.807) is 7.11 Å². The number of nitrogens with zero attached hydrogens (tertiary/aromatic N) is 2. The minimum Gasteiger partial charge on any atom is -0.497 e. The Morgan fingerprint density at radius 1 is 1.22 bits per heavy atom. The van der Waals surface area contributed by atoms with Gasteiger partial charge in [0.05, 0.1) is 13.7 Å². The molecule has 1 aromatic carbocycles. The Balaban J connectivity index is 0.00000364. The monoisotopic (exact) mass is 490 g/mol. The summed E-state index contributed by atoms with van der Waals surface area (Å²) < 4.78 is 10.9. The molecule has 0 aliphatic carbocycles. The van der Waals surface area contributed by atoms with Gasteiger partial charge in [0.25, 0.3) is 0 Å². The fourth-order valence-corrected chi connectivity index (χ4v) is 2.71. The number of hydrogen-bond acceptors (Lipinski definition) is 4.